The third-order valence-electron chi connectivity index (χ3n) is 1.20. The number of amides is 2. The van der Waals surface area contributed by atoms with Crippen LogP contribution in [0, 0.1) is 0 Å². The number of primary amides is 1. The van der Waals surface area contributed by atoms with Crippen molar-refractivity contribution in [3.63, 3.8) is 0 Å². The van der Waals surface area contributed by atoms with Crippen molar-refractivity contribution in [1.82, 2.24) is 5.32 Å². The number of rotatable bonds is 6. The molecule has 13 heavy (non-hydrogen) atoms. The summed E-state index contributed by atoms with van der Waals surface area (Å²) in [6.45, 7) is -0.345. The highest BCUT2D eigenvalue weighted by Crippen LogP contribution is 1.90. The molecule has 0 heterocycles. The standard InChI is InChI=1S/C6H11N3O4/c7-2-5(11)9-3(6(12)13)1-4(8)10/h3H,1-2,7H2,(H2,8,10)(H,9,11)(H,12,13)/t3-/m0/s1/i/hD. The van der Waals surface area contributed by atoms with E-state index in [2.05, 4.69) is 0 Å². The Hall–Kier alpha value is -1.63. The molecule has 0 saturated carbocycles. The molecular formula is C6H11N3O4. The zero-order valence-electron chi connectivity index (χ0n) is 7.74. The highest BCUT2D eigenvalue weighted by molar-refractivity contribution is 5.88. The Labute approximate surface area is 75.5 Å². The van der Waals surface area contributed by atoms with Crippen LogP contribution < -0.4 is 16.8 Å². The number of carboxylic acid groups (broad SMARTS) is 1. The third-order valence-corrected chi connectivity index (χ3v) is 1.20. The summed E-state index contributed by atoms with van der Waals surface area (Å²) in [4.78, 5) is 31.7. The molecule has 74 valence electrons. The minimum Gasteiger partial charge on any atom is -0.480 e. The fourth-order valence-corrected chi connectivity index (χ4v) is 0.647. The van der Waals surface area contributed by atoms with E-state index < -0.39 is 30.2 Å². The molecule has 0 unspecified atom stereocenters. The van der Waals surface area contributed by atoms with Gasteiger partial charge < -0.3 is 21.9 Å². The molecule has 0 spiro atoms. The first-order valence-electron chi connectivity index (χ1n) is 3.92. The number of carbonyl (C=O) groups excluding carboxylic acids is 2. The molecule has 0 bridgehead atoms. The summed E-state index contributed by atoms with van der Waals surface area (Å²) in [5.74, 6) is -2.85. The van der Waals surface area contributed by atoms with E-state index >= 15 is 0 Å². The number of carbonyl (C=O) groups is 3. The molecule has 6 N–H and O–H groups in total. The van der Waals surface area contributed by atoms with Crippen molar-refractivity contribution < 1.29 is 20.9 Å². The second-order valence-corrected chi connectivity index (χ2v) is 2.31. The van der Waals surface area contributed by atoms with E-state index in [9.17, 15) is 14.4 Å². The van der Waals surface area contributed by atoms with Gasteiger partial charge >= 0.3 is 5.97 Å². The van der Waals surface area contributed by atoms with Crippen molar-refractivity contribution >= 4 is 17.8 Å². The number of nitrogens with two attached hydrogens (primary N) is 2. The van der Waals surface area contributed by atoms with Crippen LogP contribution in [0.25, 0.3) is 0 Å². The normalized spacial score (nSPS) is 12.8. The van der Waals surface area contributed by atoms with Gasteiger partial charge in [0.1, 0.15) is 7.45 Å². The van der Waals surface area contributed by atoms with Crippen molar-refractivity contribution in [3.8, 4) is 0 Å². The summed E-state index contributed by atoms with van der Waals surface area (Å²) in [7, 11) is 0. The highest BCUT2D eigenvalue weighted by Gasteiger charge is 2.21. The Morgan fingerprint density at radius 1 is 1.54 bits per heavy atom. The lowest BCUT2D eigenvalue weighted by atomic mass is 10.2. The molecule has 0 radical (unpaired) electrons. The number of carboxylic acids is 1. The smallest absolute Gasteiger partial charge is 0.326 e. The van der Waals surface area contributed by atoms with Gasteiger partial charge in [-0.05, 0) is 0 Å². The zero-order valence-corrected chi connectivity index (χ0v) is 6.74. The lowest BCUT2D eigenvalue weighted by Gasteiger charge is -2.11. The zero-order chi connectivity index (χ0) is 11.1. The molecule has 0 rings (SSSR count). The summed E-state index contributed by atoms with van der Waals surface area (Å²) >= 11 is 0. The first kappa shape index (κ1) is 9.46. The summed E-state index contributed by atoms with van der Waals surface area (Å²) in [6.07, 6.45) is -0.473. The molecule has 2 amide bonds. The Kier molecular flexibility index (Phi) is 3.71. The molecule has 0 aromatic rings. The summed E-state index contributed by atoms with van der Waals surface area (Å²) in [6, 6.07) is -1.34. The van der Waals surface area contributed by atoms with Crippen LogP contribution in [-0.2, 0) is 14.4 Å². The summed E-state index contributed by atoms with van der Waals surface area (Å²) in [5.41, 5.74) is 6.57. The SMILES string of the molecule is [2H]NCC(=O)N[C@@H](CC(N)=O)C(=O)O. The van der Waals surface area contributed by atoms with Gasteiger partial charge in [-0.1, -0.05) is 0 Å². The molecule has 0 aliphatic rings. The summed E-state index contributed by atoms with van der Waals surface area (Å²) < 4.78 is 6.48. The monoisotopic (exact) mass is 190 g/mol. The van der Waals surface area contributed by atoms with Gasteiger partial charge in [0.05, 0.1) is 13.0 Å². The molecule has 0 aliphatic carbocycles. The second kappa shape index (κ2) is 5.09. The molecule has 7 heteroatoms. The topological polar surface area (TPSA) is 136 Å². The van der Waals surface area contributed by atoms with E-state index in [1.807, 2.05) is 5.32 Å². The van der Waals surface area contributed by atoms with Crippen LogP contribution in [0.15, 0.2) is 0 Å². The third kappa shape index (κ3) is 4.75. The van der Waals surface area contributed by atoms with Crippen molar-refractivity contribution in [2.75, 3.05) is 6.54 Å². The lowest BCUT2D eigenvalue weighted by Crippen LogP contribution is -2.45. The Balaban J connectivity index is 4.16. The van der Waals surface area contributed by atoms with Gasteiger partial charge in [0.15, 0.2) is 0 Å². The first-order valence-corrected chi connectivity index (χ1v) is 3.42. The Bertz CT molecular complexity index is 245. The first-order chi connectivity index (χ1) is 6.47. The molecule has 0 fully saturated rings. The predicted octanol–water partition coefficient (Wildman–Crippen LogP) is -2.61. The molecule has 1 atom stereocenters. The van der Waals surface area contributed by atoms with E-state index in [-0.39, 0.29) is 6.54 Å². The van der Waals surface area contributed by atoms with Gasteiger partial charge in [0.2, 0.25) is 11.8 Å². The average Bonchev–Trinajstić information content (AvgIpc) is 2.02. The molecule has 0 aromatic carbocycles. The number of nitrogens with one attached hydrogen (secondary N) is 1. The molecule has 0 saturated heterocycles. The van der Waals surface area contributed by atoms with Crippen LogP contribution in [0.1, 0.15) is 6.42 Å². The van der Waals surface area contributed by atoms with Gasteiger partial charge in [0.25, 0.3) is 0 Å². The van der Waals surface area contributed by atoms with E-state index in [0.717, 1.165) is 0 Å². The lowest BCUT2D eigenvalue weighted by molar-refractivity contribution is -0.143. The van der Waals surface area contributed by atoms with Crippen molar-refractivity contribution in [2.24, 2.45) is 11.5 Å². The molecule has 0 aliphatic heterocycles. The summed E-state index contributed by atoms with van der Waals surface area (Å²) in [5, 5.41) is 10.6. The van der Waals surface area contributed by atoms with Gasteiger partial charge in [-0.25, -0.2) is 4.79 Å². The van der Waals surface area contributed by atoms with Crippen LogP contribution in [0.4, 0.5) is 0 Å². The fraction of sp³-hybridized carbons (Fsp3) is 0.500. The van der Waals surface area contributed by atoms with Gasteiger partial charge in [-0.2, -0.15) is 0 Å². The predicted molar refractivity (Wildman–Crippen MR) is 42.4 cm³/mol. The van der Waals surface area contributed by atoms with Crippen LogP contribution in [0.5, 0.6) is 0 Å². The number of hydrogen-bond acceptors (Lipinski definition) is 4. The largest absolute Gasteiger partial charge is 0.480 e. The van der Waals surface area contributed by atoms with Crippen molar-refractivity contribution in [1.29, 1.82) is 0 Å². The Morgan fingerprint density at radius 3 is 2.54 bits per heavy atom. The van der Waals surface area contributed by atoms with Gasteiger partial charge in [-0.15, -0.1) is 0 Å². The molecule has 7 nitrogen and oxygen atoms in total. The average molecular weight is 190 g/mol. The maximum atomic E-state index is 10.8. The van der Waals surface area contributed by atoms with E-state index in [0.29, 0.717) is 0 Å². The fourth-order valence-electron chi connectivity index (χ4n) is 0.647. The van der Waals surface area contributed by atoms with E-state index in [1.165, 1.54) is 0 Å². The minimum absolute atomic E-state index is 0.345. The van der Waals surface area contributed by atoms with E-state index in [1.54, 1.807) is 5.73 Å². The minimum atomic E-state index is -1.35. The van der Waals surface area contributed by atoms with Gasteiger partial charge in [-0.3, -0.25) is 9.59 Å². The number of hydrogen-bond donors (Lipinski definition) is 4. The maximum absolute atomic E-state index is 10.8. The molecular weight excluding hydrogens is 178 g/mol. The van der Waals surface area contributed by atoms with Crippen LogP contribution in [0.2, 0.25) is 1.41 Å². The quantitative estimate of drug-likeness (QED) is 0.364. The van der Waals surface area contributed by atoms with Crippen LogP contribution in [0.3, 0.4) is 0 Å². The van der Waals surface area contributed by atoms with Crippen molar-refractivity contribution in [3.05, 3.63) is 0 Å². The highest BCUT2D eigenvalue weighted by atomic mass is 16.4. The van der Waals surface area contributed by atoms with Crippen LogP contribution in [-0.4, -0.2) is 35.5 Å². The van der Waals surface area contributed by atoms with E-state index in [4.69, 9.17) is 12.3 Å². The number of aliphatic carboxylic acids is 1. The second-order valence-electron chi connectivity index (χ2n) is 2.31. The Morgan fingerprint density at radius 2 is 2.15 bits per heavy atom. The van der Waals surface area contributed by atoms with Gasteiger partial charge in [0, 0.05) is 0 Å². The maximum Gasteiger partial charge on any atom is 0.326 e. The van der Waals surface area contributed by atoms with Crippen molar-refractivity contribution in [2.45, 2.75) is 12.5 Å². The molecule has 0 aromatic heterocycles. The van der Waals surface area contributed by atoms with Crippen LogP contribution >= 0.6 is 0 Å².